The number of nitrogens with zero attached hydrogens (tertiary/aromatic N) is 2. The average Bonchev–Trinajstić information content (AvgIpc) is 3.51. The summed E-state index contributed by atoms with van der Waals surface area (Å²) in [6, 6.07) is 17.8. The largest absolute Gasteiger partial charge is 0.381 e. The molecule has 7 heteroatoms. The summed E-state index contributed by atoms with van der Waals surface area (Å²) in [4.78, 5) is 24.3. The minimum absolute atomic E-state index is 0.00592. The van der Waals surface area contributed by atoms with Crippen molar-refractivity contribution in [1.82, 2.24) is 15.0 Å². The summed E-state index contributed by atoms with van der Waals surface area (Å²) < 4.78 is 0. The van der Waals surface area contributed by atoms with Gasteiger partial charge in [0.1, 0.15) is 5.65 Å². The van der Waals surface area contributed by atoms with Gasteiger partial charge < -0.3 is 10.3 Å². The minimum Gasteiger partial charge on any atom is -0.381 e. The van der Waals surface area contributed by atoms with E-state index >= 15 is 0 Å². The summed E-state index contributed by atoms with van der Waals surface area (Å²) >= 11 is 5.94. The molecule has 0 unspecified atom stereocenters. The molecule has 2 aromatic heterocycles. The maximum Gasteiger partial charge on any atom is 0.232 e. The number of fused-ring (bicyclic) bond motifs is 1. The van der Waals surface area contributed by atoms with Crippen LogP contribution >= 0.6 is 11.6 Å². The summed E-state index contributed by atoms with van der Waals surface area (Å²) in [5.74, 6) is 0.429. The summed E-state index contributed by atoms with van der Waals surface area (Å²) in [6.07, 6.45) is 3.71. The molecule has 2 heterocycles. The number of H-pyrrole nitrogens is 1. The van der Waals surface area contributed by atoms with Crippen LogP contribution < -0.4 is 10.6 Å². The first kappa shape index (κ1) is 18.6. The van der Waals surface area contributed by atoms with Crippen molar-refractivity contribution in [2.75, 3.05) is 10.6 Å². The standard InChI is InChI=1S/C23H20ClN5O/c24-17-7-1-14(2-8-17)13-26-18-9-5-15(6-10-18)20-19-11-12-25-21(19)28-23(27-20)29-22(30)16-3-4-16/h1-2,5-12,16,26H,3-4,13H2,(H2,25,27,28,29,30). The van der Waals surface area contributed by atoms with E-state index in [-0.39, 0.29) is 11.8 Å². The molecule has 4 aromatic rings. The summed E-state index contributed by atoms with van der Waals surface area (Å²) in [5, 5.41) is 7.91. The Morgan fingerprint density at radius 2 is 1.80 bits per heavy atom. The highest BCUT2D eigenvalue weighted by molar-refractivity contribution is 6.30. The average molecular weight is 418 g/mol. The zero-order chi connectivity index (χ0) is 20.5. The van der Waals surface area contributed by atoms with Gasteiger partial charge in [0.25, 0.3) is 0 Å². The first-order valence-electron chi connectivity index (χ1n) is 9.90. The van der Waals surface area contributed by atoms with Crippen molar-refractivity contribution < 1.29 is 4.79 Å². The normalized spacial score (nSPS) is 13.4. The highest BCUT2D eigenvalue weighted by atomic mass is 35.5. The number of halogens is 1. The minimum atomic E-state index is -0.00592. The van der Waals surface area contributed by atoms with Gasteiger partial charge in [0.2, 0.25) is 11.9 Å². The van der Waals surface area contributed by atoms with E-state index < -0.39 is 0 Å². The lowest BCUT2D eigenvalue weighted by Gasteiger charge is -2.10. The van der Waals surface area contributed by atoms with Crippen LogP contribution in [-0.4, -0.2) is 20.9 Å². The molecule has 1 aliphatic carbocycles. The Labute approximate surface area is 178 Å². The monoisotopic (exact) mass is 417 g/mol. The lowest BCUT2D eigenvalue weighted by atomic mass is 10.1. The molecule has 0 atom stereocenters. The van der Waals surface area contributed by atoms with E-state index in [2.05, 4.69) is 25.6 Å². The number of aromatic amines is 1. The molecule has 1 amide bonds. The third kappa shape index (κ3) is 4.00. The van der Waals surface area contributed by atoms with Gasteiger partial charge >= 0.3 is 0 Å². The molecular weight excluding hydrogens is 398 g/mol. The van der Waals surface area contributed by atoms with Crippen LogP contribution in [0.2, 0.25) is 5.02 Å². The van der Waals surface area contributed by atoms with Crippen molar-refractivity contribution in [3.63, 3.8) is 0 Å². The Kier molecular flexibility index (Phi) is 4.85. The van der Waals surface area contributed by atoms with Gasteiger partial charge in [-0.3, -0.25) is 10.1 Å². The van der Waals surface area contributed by atoms with Crippen molar-refractivity contribution in [1.29, 1.82) is 0 Å². The number of carbonyl (C=O) groups excluding carboxylic acids is 1. The molecule has 0 spiro atoms. The van der Waals surface area contributed by atoms with Crippen LogP contribution in [0.3, 0.4) is 0 Å². The van der Waals surface area contributed by atoms with Crippen molar-refractivity contribution >= 4 is 40.2 Å². The number of amides is 1. The molecule has 6 nitrogen and oxygen atoms in total. The molecule has 5 rings (SSSR count). The van der Waals surface area contributed by atoms with Crippen molar-refractivity contribution in [3.8, 4) is 11.3 Å². The summed E-state index contributed by atoms with van der Waals surface area (Å²) in [7, 11) is 0. The maximum absolute atomic E-state index is 12.1. The third-order valence-electron chi connectivity index (χ3n) is 5.17. The Morgan fingerprint density at radius 3 is 2.53 bits per heavy atom. The molecule has 1 saturated carbocycles. The van der Waals surface area contributed by atoms with Crippen LogP contribution in [0, 0.1) is 5.92 Å². The van der Waals surface area contributed by atoms with E-state index in [4.69, 9.17) is 11.6 Å². The van der Waals surface area contributed by atoms with E-state index in [1.165, 1.54) is 0 Å². The second kappa shape index (κ2) is 7.80. The molecule has 1 fully saturated rings. The van der Waals surface area contributed by atoms with Crippen LogP contribution in [-0.2, 0) is 11.3 Å². The molecule has 0 radical (unpaired) electrons. The first-order valence-corrected chi connectivity index (χ1v) is 10.3. The van der Waals surface area contributed by atoms with E-state index in [9.17, 15) is 4.79 Å². The van der Waals surface area contributed by atoms with Gasteiger partial charge in [-0.2, -0.15) is 4.98 Å². The predicted octanol–water partition coefficient (Wildman–Crippen LogP) is 5.24. The SMILES string of the molecule is O=C(Nc1nc(-c2ccc(NCc3ccc(Cl)cc3)cc2)c2cc[nH]c2n1)C1CC1. The lowest BCUT2D eigenvalue weighted by molar-refractivity contribution is -0.117. The molecule has 1 aliphatic rings. The van der Waals surface area contributed by atoms with Gasteiger partial charge in [-0.25, -0.2) is 4.98 Å². The van der Waals surface area contributed by atoms with Gasteiger partial charge in [-0.1, -0.05) is 35.9 Å². The summed E-state index contributed by atoms with van der Waals surface area (Å²) in [5.41, 5.74) is 4.62. The van der Waals surface area contributed by atoms with Gasteiger partial charge in [0, 0.05) is 40.3 Å². The second-order valence-electron chi connectivity index (χ2n) is 7.46. The van der Waals surface area contributed by atoms with Crippen LogP contribution in [0.25, 0.3) is 22.3 Å². The number of benzene rings is 2. The molecule has 150 valence electrons. The van der Waals surface area contributed by atoms with Crippen LogP contribution in [0.1, 0.15) is 18.4 Å². The molecule has 0 aliphatic heterocycles. The number of nitrogens with one attached hydrogen (secondary N) is 3. The second-order valence-corrected chi connectivity index (χ2v) is 7.89. The maximum atomic E-state index is 12.1. The molecular formula is C23H20ClN5O. The fourth-order valence-corrected chi connectivity index (χ4v) is 3.45. The lowest BCUT2D eigenvalue weighted by Crippen LogP contribution is -2.15. The molecule has 0 saturated heterocycles. The molecule has 0 bridgehead atoms. The number of hydrogen-bond acceptors (Lipinski definition) is 4. The van der Waals surface area contributed by atoms with Gasteiger partial charge in [-0.15, -0.1) is 0 Å². The highest BCUT2D eigenvalue weighted by Gasteiger charge is 2.30. The molecule has 2 aromatic carbocycles. The van der Waals surface area contributed by atoms with Crippen LogP contribution in [0.15, 0.2) is 60.8 Å². The Hall–Kier alpha value is -3.38. The fourth-order valence-electron chi connectivity index (χ4n) is 3.33. The highest BCUT2D eigenvalue weighted by Crippen LogP contribution is 2.31. The van der Waals surface area contributed by atoms with Crippen molar-refractivity contribution in [3.05, 3.63) is 71.4 Å². The van der Waals surface area contributed by atoms with Gasteiger partial charge in [-0.05, 0) is 48.7 Å². The number of rotatable bonds is 6. The zero-order valence-electron chi connectivity index (χ0n) is 16.2. The molecule has 30 heavy (non-hydrogen) atoms. The first-order chi connectivity index (χ1) is 14.7. The Balaban J connectivity index is 1.37. The number of hydrogen-bond donors (Lipinski definition) is 3. The third-order valence-corrected chi connectivity index (χ3v) is 5.42. The smallest absolute Gasteiger partial charge is 0.232 e. The van der Waals surface area contributed by atoms with Crippen molar-refractivity contribution in [2.45, 2.75) is 19.4 Å². The quantitative estimate of drug-likeness (QED) is 0.400. The fraction of sp³-hybridized carbons (Fsp3) is 0.174. The number of anilines is 2. The number of aromatic nitrogens is 3. The Bertz CT molecular complexity index is 1200. The van der Waals surface area contributed by atoms with E-state index in [0.29, 0.717) is 18.1 Å². The van der Waals surface area contributed by atoms with Crippen molar-refractivity contribution in [2.24, 2.45) is 5.92 Å². The van der Waals surface area contributed by atoms with Gasteiger partial charge in [0.05, 0.1) is 5.69 Å². The van der Waals surface area contributed by atoms with E-state index in [1.807, 2.05) is 60.8 Å². The topological polar surface area (TPSA) is 82.7 Å². The Morgan fingerprint density at radius 1 is 1.03 bits per heavy atom. The van der Waals surface area contributed by atoms with Crippen LogP contribution in [0.4, 0.5) is 11.6 Å². The summed E-state index contributed by atoms with van der Waals surface area (Å²) in [6.45, 7) is 0.712. The van der Waals surface area contributed by atoms with E-state index in [0.717, 1.165) is 45.8 Å². The number of carbonyl (C=O) groups is 1. The van der Waals surface area contributed by atoms with Crippen LogP contribution in [0.5, 0.6) is 0 Å². The van der Waals surface area contributed by atoms with Gasteiger partial charge in [0.15, 0.2) is 0 Å². The molecule has 3 N–H and O–H groups in total. The van der Waals surface area contributed by atoms with E-state index in [1.54, 1.807) is 0 Å². The zero-order valence-corrected chi connectivity index (χ0v) is 16.9. The predicted molar refractivity (Wildman–Crippen MR) is 119 cm³/mol.